The van der Waals surface area contributed by atoms with Crippen LogP contribution in [0.2, 0.25) is 0 Å². The summed E-state index contributed by atoms with van der Waals surface area (Å²) >= 11 is 1.21. The van der Waals surface area contributed by atoms with Gasteiger partial charge in [-0.1, -0.05) is 0 Å². The summed E-state index contributed by atoms with van der Waals surface area (Å²) in [6, 6.07) is 2.50. The zero-order chi connectivity index (χ0) is 12.8. The maximum absolute atomic E-state index is 10.9. The molecule has 8 heteroatoms. The number of hydrogen-bond acceptors (Lipinski definition) is 7. The lowest BCUT2D eigenvalue weighted by atomic mass is 10.4. The lowest BCUT2D eigenvalue weighted by molar-refractivity contribution is -0.385. The van der Waals surface area contributed by atoms with Crippen LogP contribution in [0.25, 0.3) is 0 Å². The Morgan fingerprint density at radius 1 is 1.65 bits per heavy atom. The maximum Gasteiger partial charge on any atom is 0.306 e. The van der Waals surface area contributed by atoms with Gasteiger partial charge in [-0.3, -0.25) is 14.9 Å². The minimum atomic E-state index is -0.539. The number of nitro groups is 1. The van der Waals surface area contributed by atoms with Gasteiger partial charge in [0.05, 0.1) is 24.5 Å². The molecular formula is C9H11N3O4S. The lowest BCUT2D eigenvalue weighted by Gasteiger charge is -2.01. The van der Waals surface area contributed by atoms with Crippen LogP contribution in [0.1, 0.15) is 6.42 Å². The quantitative estimate of drug-likeness (QED) is 0.365. The highest BCUT2D eigenvalue weighted by atomic mass is 32.2. The van der Waals surface area contributed by atoms with E-state index in [0.717, 1.165) is 0 Å². The Kier molecular flexibility index (Phi) is 4.70. The largest absolute Gasteiger partial charge is 0.469 e. The normalized spacial score (nSPS) is 9.94. The van der Waals surface area contributed by atoms with Crippen molar-refractivity contribution in [2.24, 2.45) is 0 Å². The fourth-order valence-corrected chi connectivity index (χ4v) is 1.88. The number of esters is 1. The molecule has 0 bridgehead atoms. The first kappa shape index (κ1) is 13.2. The van der Waals surface area contributed by atoms with E-state index in [4.69, 9.17) is 5.73 Å². The number of nitrogen functional groups attached to an aromatic ring is 1. The Morgan fingerprint density at radius 3 is 2.94 bits per heavy atom. The van der Waals surface area contributed by atoms with E-state index in [1.807, 2.05) is 0 Å². The Bertz CT molecular complexity index is 438. The molecule has 0 aliphatic carbocycles. The Hall–Kier alpha value is -1.83. The molecule has 0 radical (unpaired) electrons. The summed E-state index contributed by atoms with van der Waals surface area (Å²) in [7, 11) is 1.30. The molecule has 0 amide bonds. The summed E-state index contributed by atoms with van der Waals surface area (Å²) < 4.78 is 4.47. The lowest BCUT2D eigenvalue weighted by Crippen LogP contribution is -2.01. The van der Waals surface area contributed by atoms with Crippen molar-refractivity contribution in [1.29, 1.82) is 0 Å². The van der Waals surface area contributed by atoms with E-state index in [-0.39, 0.29) is 23.9 Å². The molecule has 1 aromatic rings. The molecule has 0 fully saturated rings. The second-order valence-corrected chi connectivity index (χ2v) is 4.14. The first-order valence-electron chi connectivity index (χ1n) is 4.64. The van der Waals surface area contributed by atoms with Gasteiger partial charge in [0.1, 0.15) is 10.8 Å². The van der Waals surface area contributed by atoms with Gasteiger partial charge in [0.15, 0.2) is 0 Å². The summed E-state index contributed by atoms with van der Waals surface area (Å²) in [6.07, 6.45) is 0.214. The van der Waals surface area contributed by atoms with Crippen LogP contribution in [0.3, 0.4) is 0 Å². The van der Waals surface area contributed by atoms with Crippen molar-refractivity contribution in [1.82, 2.24) is 4.98 Å². The van der Waals surface area contributed by atoms with E-state index >= 15 is 0 Å². The van der Waals surface area contributed by atoms with Gasteiger partial charge in [-0.25, -0.2) is 4.98 Å². The number of rotatable bonds is 5. The summed E-state index contributed by atoms with van der Waals surface area (Å²) in [5, 5.41) is 11.0. The first-order valence-corrected chi connectivity index (χ1v) is 5.63. The molecule has 0 atom stereocenters. The Morgan fingerprint density at radius 2 is 2.35 bits per heavy atom. The molecule has 0 unspecified atom stereocenters. The highest BCUT2D eigenvalue weighted by Gasteiger charge is 2.10. The molecule has 1 heterocycles. The fraction of sp³-hybridized carbons (Fsp3) is 0.333. The number of nitrogens with zero attached hydrogens (tertiary/aromatic N) is 2. The smallest absolute Gasteiger partial charge is 0.306 e. The van der Waals surface area contributed by atoms with Crippen molar-refractivity contribution in [3.05, 3.63) is 22.2 Å². The third-order valence-electron chi connectivity index (χ3n) is 1.80. The molecule has 17 heavy (non-hydrogen) atoms. The van der Waals surface area contributed by atoms with E-state index < -0.39 is 4.92 Å². The van der Waals surface area contributed by atoms with Crippen LogP contribution in [-0.2, 0) is 9.53 Å². The van der Waals surface area contributed by atoms with Crippen molar-refractivity contribution >= 4 is 29.2 Å². The molecule has 0 aliphatic heterocycles. The van der Waals surface area contributed by atoms with Gasteiger partial charge in [-0.2, -0.15) is 0 Å². The maximum atomic E-state index is 10.9. The van der Waals surface area contributed by atoms with Crippen LogP contribution < -0.4 is 5.73 Å². The third kappa shape index (κ3) is 4.27. The number of methoxy groups -OCH3 is 1. The molecule has 0 aromatic carbocycles. The van der Waals surface area contributed by atoms with Crippen LogP contribution in [0.5, 0.6) is 0 Å². The number of thioether (sulfide) groups is 1. The van der Waals surface area contributed by atoms with Crippen LogP contribution in [0.4, 0.5) is 11.5 Å². The minimum Gasteiger partial charge on any atom is -0.469 e. The number of carbonyl (C=O) groups is 1. The third-order valence-corrected chi connectivity index (χ3v) is 2.71. The van der Waals surface area contributed by atoms with Gasteiger partial charge in [0.2, 0.25) is 0 Å². The minimum absolute atomic E-state index is 0.0831. The van der Waals surface area contributed by atoms with Gasteiger partial charge in [-0.15, -0.1) is 11.8 Å². The van der Waals surface area contributed by atoms with E-state index in [1.54, 1.807) is 0 Å². The van der Waals surface area contributed by atoms with Gasteiger partial charge >= 0.3 is 5.97 Å². The second-order valence-electron chi connectivity index (χ2n) is 3.02. The van der Waals surface area contributed by atoms with Crippen molar-refractivity contribution in [2.75, 3.05) is 18.6 Å². The second kappa shape index (κ2) is 6.04. The molecule has 1 aromatic heterocycles. The van der Waals surface area contributed by atoms with Crippen molar-refractivity contribution < 1.29 is 14.5 Å². The van der Waals surface area contributed by atoms with E-state index in [9.17, 15) is 14.9 Å². The molecule has 92 valence electrons. The molecule has 2 N–H and O–H groups in total. The molecule has 7 nitrogen and oxygen atoms in total. The number of ether oxygens (including phenoxy) is 1. The van der Waals surface area contributed by atoms with E-state index in [1.165, 1.54) is 31.0 Å². The number of pyridine rings is 1. The highest BCUT2D eigenvalue weighted by molar-refractivity contribution is 7.99. The average molecular weight is 257 g/mol. The zero-order valence-corrected chi connectivity index (χ0v) is 9.90. The van der Waals surface area contributed by atoms with Gasteiger partial charge in [0, 0.05) is 11.8 Å². The SMILES string of the molecule is COC(=O)CCSc1cc([N+](=O)[O-])cc(N)n1. The van der Waals surface area contributed by atoms with Gasteiger partial charge in [0.25, 0.3) is 5.69 Å². The zero-order valence-electron chi connectivity index (χ0n) is 9.08. The fourth-order valence-electron chi connectivity index (χ4n) is 1.03. The predicted molar refractivity (Wildman–Crippen MR) is 62.7 cm³/mol. The number of aromatic nitrogens is 1. The molecule has 1 rings (SSSR count). The van der Waals surface area contributed by atoms with Gasteiger partial charge < -0.3 is 10.5 Å². The van der Waals surface area contributed by atoms with E-state index in [2.05, 4.69) is 9.72 Å². The van der Waals surface area contributed by atoms with Crippen LogP contribution in [0, 0.1) is 10.1 Å². The molecule has 0 spiro atoms. The Balaban J connectivity index is 2.65. The standard InChI is InChI=1S/C9H11N3O4S/c1-16-9(13)2-3-17-8-5-6(12(14)15)4-7(10)11-8/h4-5H,2-3H2,1H3,(H2,10,11). The topological polar surface area (TPSA) is 108 Å². The number of nitrogens with two attached hydrogens (primary N) is 1. The Labute approximate surface area is 102 Å². The van der Waals surface area contributed by atoms with Crippen molar-refractivity contribution in [3.8, 4) is 0 Å². The van der Waals surface area contributed by atoms with Crippen LogP contribution in [0.15, 0.2) is 17.2 Å². The summed E-state index contributed by atoms with van der Waals surface area (Å²) in [5.74, 6) is 0.177. The summed E-state index contributed by atoms with van der Waals surface area (Å²) in [6.45, 7) is 0. The monoisotopic (exact) mass is 257 g/mol. The molecule has 0 aliphatic rings. The van der Waals surface area contributed by atoms with E-state index in [0.29, 0.717) is 10.8 Å². The number of carbonyl (C=O) groups excluding carboxylic acids is 1. The number of anilines is 1. The summed E-state index contributed by atoms with van der Waals surface area (Å²) in [5.41, 5.74) is 5.32. The average Bonchev–Trinajstić information content (AvgIpc) is 2.28. The van der Waals surface area contributed by atoms with Crippen LogP contribution >= 0.6 is 11.8 Å². The summed E-state index contributed by atoms with van der Waals surface area (Å²) in [4.78, 5) is 24.8. The predicted octanol–water partition coefficient (Wildman–Crippen LogP) is 1.23. The van der Waals surface area contributed by atoms with Gasteiger partial charge in [-0.05, 0) is 0 Å². The molecular weight excluding hydrogens is 246 g/mol. The molecule has 0 saturated heterocycles. The van der Waals surface area contributed by atoms with Crippen molar-refractivity contribution in [2.45, 2.75) is 11.4 Å². The first-order chi connectivity index (χ1) is 8.02. The number of hydrogen-bond donors (Lipinski definition) is 1. The van der Waals surface area contributed by atoms with Crippen LogP contribution in [-0.4, -0.2) is 28.7 Å². The highest BCUT2D eigenvalue weighted by Crippen LogP contribution is 2.23. The van der Waals surface area contributed by atoms with Crippen molar-refractivity contribution in [3.63, 3.8) is 0 Å². The molecule has 0 saturated carbocycles.